The summed E-state index contributed by atoms with van der Waals surface area (Å²) in [5.41, 5.74) is -0.0530. The van der Waals surface area contributed by atoms with E-state index in [4.69, 9.17) is 11.6 Å². The van der Waals surface area contributed by atoms with Crippen LogP contribution < -0.4 is 0 Å². The van der Waals surface area contributed by atoms with Crippen molar-refractivity contribution >= 4 is 11.6 Å². The molecule has 1 N–H and O–H groups in total. The summed E-state index contributed by atoms with van der Waals surface area (Å²) in [5.74, 6) is 0. The van der Waals surface area contributed by atoms with E-state index >= 15 is 0 Å². The van der Waals surface area contributed by atoms with Crippen molar-refractivity contribution in [2.75, 3.05) is 40.3 Å². The number of rotatable bonds is 5. The molecule has 0 bridgehead atoms. The summed E-state index contributed by atoms with van der Waals surface area (Å²) in [4.78, 5) is 4.45. The van der Waals surface area contributed by atoms with Crippen molar-refractivity contribution in [3.8, 4) is 0 Å². The molecule has 0 spiro atoms. The lowest BCUT2D eigenvalue weighted by Gasteiger charge is -2.38. The highest BCUT2D eigenvalue weighted by Gasteiger charge is 2.38. The first-order chi connectivity index (χ1) is 9.46. The van der Waals surface area contributed by atoms with Crippen LogP contribution in [0.3, 0.4) is 0 Å². The smallest absolute Gasteiger partial charge is 0.110 e. The van der Waals surface area contributed by atoms with Gasteiger partial charge in [-0.1, -0.05) is 18.5 Å². The Labute approximate surface area is 126 Å². The number of aliphatic hydroxyl groups is 1. The van der Waals surface area contributed by atoms with E-state index < -0.39 is 5.60 Å². The van der Waals surface area contributed by atoms with Crippen LogP contribution in [0.5, 0.6) is 0 Å². The van der Waals surface area contributed by atoms with Crippen molar-refractivity contribution in [2.45, 2.75) is 31.9 Å². The van der Waals surface area contributed by atoms with Crippen LogP contribution in [0.25, 0.3) is 0 Å². The Bertz CT molecular complexity index is 438. The molecular formula is C14H25ClN4O. The summed E-state index contributed by atoms with van der Waals surface area (Å²) in [6.45, 7) is 6.61. The highest BCUT2D eigenvalue weighted by Crippen LogP contribution is 2.36. The minimum absolute atomic E-state index is 0.580. The van der Waals surface area contributed by atoms with Crippen molar-refractivity contribution in [3.05, 3.63) is 16.9 Å². The second-order valence-corrected chi connectivity index (χ2v) is 6.24. The first kappa shape index (κ1) is 15.8. The molecule has 1 aliphatic heterocycles. The summed E-state index contributed by atoms with van der Waals surface area (Å²) >= 11 is 6.28. The van der Waals surface area contributed by atoms with Gasteiger partial charge in [0.25, 0.3) is 0 Å². The standard InChI is InChI=1S/C14H25ClN4O/c1-4-18-7-5-14(20,6-8-18)13-12(15)11-16-19(13)10-9-17(2)3/h11,20H,4-10H2,1-3H3. The molecule has 0 saturated carbocycles. The zero-order valence-electron chi connectivity index (χ0n) is 12.6. The summed E-state index contributed by atoms with van der Waals surface area (Å²) < 4.78 is 1.87. The van der Waals surface area contributed by atoms with E-state index in [1.807, 2.05) is 18.8 Å². The van der Waals surface area contributed by atoms with E-state index in [1.54, 1.807) is 6.20 Å². The summed E-state index contributed by atoms with van der Waals surface area (Å²) in [6.07, 6.45) is 3.08. The summed E-state index contributed by atoms with van der Waals surface area (Å²) in [5, 5.41) is 15.9. The molecule has 0 atom stereocenters. The fraction of sp³-hybridized carbons (Fsp3) is 0.786. The number of hydrogen-bond donors (Lipinski definition) is 1. The number of likely N-dealkylation sites (tertiary alicyclic amines) is 1. The van der Waals surface area contributed by atoms with Crippen molar-refractivity contribution in [2.24, 2.45) is 0 Å². The zero-order chi connectivity index (χ0) is 14.8. The van der Waals surface area contributed by atoms with Crippen LogP contribution in [0.2, 0.25) is 5.02 Å². The van der Waals surface area contributed by atoms with Gasteiger partial charge in [-0.3, -0.25) is 4.68 Å². The van der Waals surface area contributed by atoms with Gasteiger partial charge < -0.3 is 14.9 Å². The zero-order valence-corrected chi connectivity index (χ0v) is 13.4. The molecular weight excluding hydrogens is 276 g/mol. The molecule has 6 heteroatoms. The lowest BCUT2D eigenvalue weighted by Crippen LogP contribution is -2.43. The van der Waals surface area contributed by atoms with Crippen molar-refractivity contribution < 1.29 is 5.11 Å². The van der Waals surface area contributed by atoms with E-state index in [0.29, 0.717) is 17.9 Å². The van der Waals surface area contributed by atoms with Gasteiger partial charge in [0.15, 0.2) is 0 Å². The van der Waals surface area contributed by atoms with Crippen LogP contribution in [0.1, 0.15) is 25.5 Å². The molecule has 5 nitrogen and oxygen atoms in total. The molecule has 0 amide bonds. The Morgan fingerprint density at radius 1 is 1.40 bits per heavy atom. The van der Waals surface area contributed by atoms with E-state index in [-0.39, 0.29) is 0 Å². The number of piperidine rings is 1. The van der Waals surface area contributed by atoms with Crippen molar-refractivity contribution in [1.82, 2.24) is 19.6 Å². The van der Waals surface area contributed by atoms with Crippen LogP contribution in [-0.4, -0.2) is 65.0 Å². The number of nitrogens with zero attached hydrogens (tertiary/aromatic N) is 4. The third-order valence-corrected chi connectivity index (χ3v) is 4.40. The van der Waals surface area contributed by atoms with Crippen LogP contribution in [0.4, 0.5) is 0 Å². The topological polar surface area (TPSA) is 44.5 Å². The van der Waals surface area contributed by atoms with Crippen molar-refractivity contribution in [3.63, 3.8) is 0 Å². The van der Waals surface area contributed by atoms with Crippen molar-refractivity contribution in [1.29, 1.82) is 0 Å². The molecule has 0 radical (unpaired) electrons. The Balaban J connectivity index is 2.16. The monoisotopic (exact) mass is 300 g/mol. The largest absolute Gasteiger partial charge is 0.383 e. The van der Waals surface area contributed by atoms with E-state index in [0.717, 1.165) is 38.4 Å². The van der Waals surface area contributed by atoms with Gasteiger partial charge in [0.1, 0.15) is 5.60 Å². The molecule has 1 aromatic rings. The van der Waals surface area contributed by atoms with Gasteiger partial charge in [0.05, 0.1) is 23.5 Å². The predicted octanol–water partition coefficient (Wildman–Crippen LogP) is 1.40. The molecule has 1 saturated heterocycles. The van der Waals surface area contributed by atoms with Crippen LogP contribution in [0.15, 0.2) is 6.20 Å². The highest BCUT2D eigenvalue weighted by atomic mass is 35.5. The number of hydrogen-bond acceptors (Lipinski definition) is 4. The predicted molar refractivity (Wildman–Crippen MR) is 81.0 cm³/mol. The Kier molecular flexibility index (Phi) is 5.07. The van der Waals surface area contributed by atoms with E-state index in [9.17, 15) is 5.11 Å². The van der Waals surface area contributed by atoms with Gasteiger partial charge in [-0.15, -0.1) is 0 Å². The maximum Gasteiger partial charge on any atom is 0.110 e. The number of halogens is 1. The van der Waals surface area contributed by atoms with Gasteiger partial charge in [0.2, 0.25) is 0 Å². The van der Waals surface area contributed by atoms with Gasteiger partial charge in [-0.2, -0.15) is 5.10 Å². The Hall–Kier alpha value is -0.620. The Morgan fingerprint density at radius 3 is 2.60 bits per heavy atom. The van der Waals surface area contributed by atoms with Gasteiger partial charge >= 0.3 is 0 Å². The molecule has 1 aromatic heterocycles. The molecule has 2 rings (SSSR count). The van der Waals surface area contributed by atoms with Gasteiger partial charge in [-0.25, -0.2) is 0 Å². The maximum atomic E-state index is 11.0. The summed E-state index contributed by atoms with van der Waals surface area (Å²) in [6, 6.07) is 0. The van der Waals surface area contributed by atoms with Crippen LogP contribution >= 0.6 is 11.6 Å². The molecule has 1 aliphatic rings. The summed E-state index contributed by atoms with van der Waals surface area (Å²) in [7, 11) is 4.05. The first-order valence-electron chi connectivity index (χ1n) is 7.27. The Morgan fingerprint density at radius 2 is 2.05 bits per heavy atom. The lowest BCUT2D eigenvalue weighted by molar-refractivity contribution is -0.0316. The number of likely N-dealkylation sites (N-methyl/N-ethyl adjacent to an activating group) is 1. The van der Waals surface area contributed by atoms with Crippen LogP contribution in [-0.2, 0) is 12.1 Å². The van der Waals surface area contributed by atoms with E-state index in [1.165, 1.54) is 0 Å². The average molecular weight is 301 g/mol. The average Bonchev–Trinajstić information content (AvgIpc) is 2.79. The fourth-order valence-electron chi connectivity index (χ4n) is 2.77. The van der Waals surface area contributed by atoms with Crippen LogP contribution in [0, 0.1) is 0 Å². The minimum atomic E-state index is -0.842. The molecule has 0 unspecified atom stereocenters. The number of aromatic nitrogens is 2. The quantitative estimate of drug-likeness (QED) is 0.893. The van der Waals surface area contributed by atoms with E-state index in [2.05, 4.69) is 21.8 Å². The second kappa shape index (κ2) is 6.43. The highest BCUT2D eigenvalue weighted by molar-refractivity contribution is 6.31. The molecule has 2 heterocycles. The third-order valence-electron chi connectivity index (χ3n) is 4.13. The van der Waals surface area contributed by atoms with Gasteiger partial charge in [0, 0.05) is 19.6 Å². The normalized spacial score (nSPS) is 19.7. The fourth-order valence-corrected chi connectivity index (χ4v) is 3.08. The molecule has 0 aliphatic carbocycles. The first-order valence-corrected chi connectivity index (χ1v) is 7.65. The molecule has 114 valence electrons. The SMILES string of the molecule is CCN1CCC(O)(c2c(Cl)cnn2CCN(C)C)CC1. The molecule has 0 aromatic carbocycles. The van der Waals surface area contributed by atoms with Gasteiger partial charge in [-0.05, 0) is 33.5 Å². The molecule has 1 fully saturated rings. The second-order valence-electron chi connectivity index (χ2n) is 5.83. The third kappa shape index (κ3) is 3.34. The lowest BCUT2D eigenvalue weighted by atomic mass is 9.88. The molecule has 20 heavy (non-hydrogen) atoms. The maximum absolute atomic E-state index is 11.0. The minimum Gasteiger partial charge on any atom is -0.383 e.